The minimum atomic E-state index is -2.61. The van der Waals surface area contributed by atoms with Crippen LogP contribution in [0.25, 0.3) is 0 Å². The highest BCUT2D eigenvalue weighted by Crippen LogP contribution is 2.37. The molecule has 2 aliphatic rings. The largest absolute Gasteiger partial charge is 0.401 e. The van der Waals surface area contributed by atoms with Crippen LogP contribution >= 0.6 is 0 Å². The Morgan fingerprint density at radius 3 is 2.13 bits per heavy atom. The summed E-state index contributed by atoms with van der Waals surface area (Å²) in [6, 6.07) is 23.5. The van der Waals surface area contributed by atoms with E-state index >= 15 is 0 Å². The highest BCUT2D eigenvalue weighted by molar-refractivity contribution is 6.99. The van der Waals surface area contributed by atoms with E-state index in [0.29, 0.717) is 32.5 Å². The molecule has 1 saturated heterocycles. The van der Waals surface area contributed by atoms with E-state index in [1.807, 2.05) is 12.3 Å². The average Bonchev–Trinajstić information content (AvgIpc) is 3.47. The minimum Gasteiger partial charge on any atom is -0.401 e. The van der Waals surface area contributed by atoms with E-state index < -0.39 is 8.32 Å². The van der Waals surface area contributed by atoms with Gasteiger partial charge in [-0.3, -0.25) is 0 Å². The maximum atomic E-state index is 7.10. The molecule has 0 bridgehead atoms. The van der Waals surface area contributed by atoms with E-state index in [1.165, 1.54) is 10.4 Å². The first kappa shape index (κ1) is 27.2. The van der Waals surface area contributed by atoms with Crippen LogP contribution in [0.1, 0.15) is 63.9 Å². The van der Waals surface area contributed by atoms with Crippen LogP contribution in [-0.2, 0) is 25.2 Å². The molecule has 7 heteroatoms. The Morgan fingerprint density at radius 1 is 0.895 bits per heavy atom. The molecule has 202 valence electrons. The molecule has 0 amide bonds. The molecule has 1 saturated carbocycles. The van der Waals surface area contributed by atoms with Gasteiger partial charge in [-0.25, -0.2) is 9.97 Å². The molecule has 1 unspecified atom stereocenters. The Morgan fingerprint density at radius 2 is 1.55 bits per heavy atom. The van der Waals surface area contributed by atoms with Crippen LogP contribution in [0.15, 0.2) is 72.9 Å². The Labute approximate surface area is 227 Å². The van der Waals surface area contributed by atoms with Crippen molar-refractivity contribution in [2.75, 3.05) is 20.0 Å². The lowest BCUT2D eigenvalue weighted by Crippen LogP contribution is -2.66. The lowest BCUT2D eigenvalue weighted by Gasteiger charge is -2.43. The van der Waals surface area contributed by atoms with E-state index in [4.69, 9.17) is 23.6 Å². The van der Waals surface area contributed by atoms with Gasteiger partial charge < -0.3 is 18.6 Å². The third-order valence-corrected chi connectivity index (χ3v) is 12.8. The predicted molar refractivity (Wildman–Crippen MR) is 151 cm³/mol. The Bertz CT molecular complexity index is 1100. The standard InChI is InChI=1S/C31H40N2O4Si/c1-31(2,3)38(28-10-6-4-7-11-28,29-12-8-5-9-13-29)37-20-25-18-19-32-30(33-25)24-14-16-26(17-15-24)35-22-27-21-34-23-36-27/h4-13,18-19,24,26-27H,14-17,20-23H2,1-3H3. The van der Waals surface area contributed by atoms with Crippen LogP contribution in [0, 0.1) is 0 Å². The topological polar surface area (TPSA) is 62.7 Å². The fraction of sp³-hybridized carbons (Fsp3) is 0.484. The summed E-state index contributed by atoms with van der Waals surface area (Å²) >= 11 is 0. The molecule has 1 aliphatic carbocycles. The van der Waals surface area contributed by atoms with Gasteiger partial charge in [-0.15, -0.1) is 0 Å². The van der Waals surface area contributed by atoms with Crippen LogP contribution in [0.2, 0.25) is 5.04 Å². The first-order valence-electron chi connectivity index (χ1n) is 13.8. The molecule has 3 aromatic rings. The highest BCUT2D eigenvalue weighted by Gasteiger charge is 2.50. The molecule has 6 nitrogen and oxygen atoms in total. The smallest absolute Gasteiger partial charge is 0.261 e. The van der Waals surface area contributed by atoms with Gasteiger partial charge in [0.15, 0.2) is 0 Å². The fourth-order valence-electron chi connectivity index (χ4n) is 5.83. The second-order valence-corrected chi connectivity index (χ2v) is 15.7. The average molecular weight is 533 g/mol. The number of rotatable bonds is 9. The van der Waals surface area contributed by atoms with Crippen molar-refractivity contribution in [2.45, 2.75) is 76.2 Å². The monoisotopic (exact) mass is 532 g/mol. The number of hydrogen-bond acceptors (Lipinski definition) is 6. The third kappa shape index (κ3) is 6.08. The Kier molecular flexibility index (Phi) is 8.70. The third-order valence-electron chi connectivity index (χ3n) is 7.83. The lowest BCUT2D eigenvalue weighted by atomic mass is 9.86. The van der Waals surface area contributed by atoms with Gasteiger partial charge in [-0.2, -0.15) is 0 Å². The van der Waals surface area contributed by atoms with E-state index in [-0.39, 0.29) is 17.2 Å². The normalized spacial score (nSPS) is 22.4. The summed E-state index contributed by atoms with van der Waals surface area (Å²) in [6.45, 7) is 9.00. The maximum absolute atomic E-state index is 7.10. The van der Waals surface area contributed by atoms with Crippen molar-refractivity contribution in [3.63, 3.8) is 0 Å². The van der Waals surface area contributed by atoms with Crippen molar-refractivity contribution < 1.29 is 18.6 Å². The molecule has 2 fully saturated rings. The van der Waals surface area contributed by atoms with Crippen molar-refractivity contribution in [1.82, 2.24) is 9.97 Å². The lowest BCUT2D eigenvalue weighted by molar-refractivity contribution is -0.0358. The number of hydrogen-bond donors (Lipinski definition) is 0. The Balaban J connectivity index is 1.29. The van der Waals surface area contributed by atoms with E-state index in [0.717, 1.165) is 37.2 Å². The van der Waals surface area contributed by atoms with Gasteiger partial charge in [-0.05, 0) is 47.2 Å². The zero-order valence-corrected chi connectivity index (χ0v) is 23.8. The molecule has 0 radical (unpaired) electrons. The first-order valence-corrected chi connectivity index (χ1v) is 15.7. The molecule has 1 atom stereocenters. The second kappa shape index (κ2) is 12.2. The van der Waals surface area contributed by atoms with Gasteiger partial charge in [-0.1, -0.05) is 81.4 Å². The minimum absolute atomic E-state index is 0.0698. The summed E-state index contributed by atoms with van der Waals surface area (Å²) in [6.07, 6.45) is 6.35. The SMILES string of the molecule is CC(C)(C)[Si](OCc1ccnc(C2CCC(OCC3COCO3)CC2)n1)(c1ccccc1)c1ccccc1. The molecule has 0 spiro atoms. The van der Waals surface area contributed by atoms with E-state index in [1.54, 1.807) is 0 Å². The molecule has 1 aliphatic heterocycles. The zero-order valence-electron chi connectivity index (χ0n) is 22.8. The number of benzene rings is 2. The van der Waals surface area contributed by atoms with Crippen molar-refractivity contribution in [2.24, 2.45) is 0 Å². The van der Waals surface area contributed by atoms with Crippen molar-refractivity contribution in [3.05, 3.63) is 84.4 Å². The number of nitrogens with zero attached hydrogens (tertiary/aromatic N) is 2. The van der Waals surface area contributed by atoms with Gasteiger partial charge in [0.05, 0.1) is 31.6 Å². The van der Waals surface area contributed by atoms with Crippen molar-refractivity contribution in [3.8, 4) is 0 Å². The summed E-state index contributed by atoms with van der Waals surface area (Å²) in [4.78, 5) is 9.69. The second-order valence-electron chi connectivity index (χ2n) is 11.4. The molecule has 5 rings (SSSR count). The van der Waals surface area contributed by atoms with Gasteiger partial charge in [0.1, 0.15) is 18.7 Å². The number of aromatic nitrogens is 2. The summed E-state index contributed by atoms with van der Waals surface area (Å²) < 4.78 is 24.0. The molecular weight excluding hydrogens is 492 g/mol. The van der Waals surface area contributed by atoms with Crippen LogP contribution in [0.3, 0.4) is 0 Å². The van der Waals surface area contributed by atoms with Gasteiger partial charge in [0, 0.05) is 12.1 Å². The zero-order chi connectivity index (χ0) is 26.4. The highest BCUT2D eigenvalue weighted by atomic mass is 28.4. The van der Waals surface area contributed by atoms with Crippen LogP contribution in [-0.4, -0.2) is 50.5 Å². The summed E-state index contributed by atoms with van der Waals surface area (Å²) in [5, 5.41) is 2.49. The van der Waals surface area contributed by atoms with Crippen LogP contribution < -0.4 is 10.4 Å². The maximum Gasteiger partial charge on any atom is 0.261 e. The van der Waals surface area contributed by atoms with Gasteiger partial charge in [0.2, 0.25) is 0 Å². The predicted octanol–water partition coefficient (Wildman–Crippen LogP) is 4.97. The fourth-order valence-corrected chi connectivity index (χ4v) is 10.4. The van der Waals surface area contributed by atoms with E-state index in [2.05, 4.69) is 86.4 Å². The molecule has 2 aromatic carbocycles. The van der Waals surface area contributed by atoms with Crippen molar-refractivity contribution in [1.29, 1.82) is 0 Å². The van der Waals surface area contributed by atoms with Crippen molar-refractivity contribution >= 4 is 18.7 Å². The van der Waals surface area contributed by atoms with Crippen LogP contribution in [0.4, 0.5) is 0 Å². The first-order chi connectivity index (χ1) is 18.5. The summed E-state index contributed by atoms with van der Waals surface area (Å²) in [7, 11) is -2.61. The van der Waals surface area contributed by atoms with E-state index in [9.17, 15) is 0 Å². The quantitative estimate of drug-likeness (QED) is 0.363. The Hall–Kier alpha value is -2.42. The van der Waals surface area contributed by atoms with Gasteiger partial charge in [0.25, 0.3) is 8.32 Å². The number of ether oxygens (including phenoxy) is 3. The van der Waals surface area contributed by atoms with Gasteiger partial charge >= 0.3 is 0 Å². The molecular formula is C31H40N2O4Si. The molecule has 38 heavy (non-hydrogen) atoms. The molecule has 2 heterocycles. The van der Waals surface area contributed by atoms with Crippen LogP contribution in [0.5, 0.6) is 0 Å². The summed E-state index contributed by atoms with van der Waals surface area (Å²) in [5.41, 5.74) is 0.944. The molecule has 1 aromatic heterocycles. The summed E-state index contributed by atoms with van der Waals surface area (Å²) in [5.74, 6) is 1.29. The molecule has 0 N–H and O–H groups in total.